The summed E-state index contributed by atoms with van der Waals surface area (Å²) in [7, 11) is 0. The smallest absolute Gasteiger partial charge is 0.255 e. The quantitative estimate of drug-likeness (QED) is 0.530. The number of aliphatic hydroxyl groups excluding tert-OH is 1. The van der Waals surface area contributed by atoms with Gasteiger partial charge in [-0.2, -0.15) is 11.3 Å². The van der Waals surface area contributed by atoms with Gasteiger partial charge in [0.25, 0.3) is 5.91 Å². The maximum absolute atomic E-state index is 13.3. The SMILES string of the molecule is C.O=C(Nc1ccsc1)C1=C(O)[C@@H]2Oc3c(O)ccc4c3[C@@]23CCN(CC2CC2)[C@H](C4)[C@]3(O)C1. The molecule has 8 heteroatoms. The number of amides is 1. The molecule has 4 N–H and O–H groups in total. The zero-order valence-corrected chi connectivity index (χ0v) is 18.9. The van der Waals surface area contributed by atoms with E-state index in [-0.39, 0.29) is 37.0 Å². The Labute approximate surface area is 202 Å². The Balaban J connectivity index is 0.00000217. The summed E-state index contributed by atoms with van der Waals surface area (Å²) in [6, 6.07) is 5.18. The molecular weight excluding hydrogens is 452 g/mol. The third-order valence-corrected chi connectivity index (χ3v) is 9.25. The number of rotatable bonds is 4. The molecule has 180 valence electrons. The van der Waals surface area contributed by atoms with Crippen LogP contribution < -0.4 is 10.1 Å². The number of carbonyl (C=O) groups excluding carboxylic acids is 1. The highest BCUT2D eigenvalue weighted by molar-refractivity contribution is 7.08. The minimum absolute atomic E-state index is 0. The van der Waals surface area contributed by atoms with Crippen LogP contribution >= 0.6 is 11.3 Å². The van der Waals surface area contributed by atoms with Crippen molar-refractivity contribution >= 4 is 22.9 Å². The molecule has 34 heavy (non-hydrogen) atoms. The molecule has 0 unspecified atom stereocenters. The number of carbonyl (C=O) groups is 1. The van der Waals surface area contributed by atoms with Gasteiger partial charge in [-0.25, -0.2) is 0 Å². The topological polar surface area (TPSA) is 102 Å². The Hall–Kier alpha value is -2.55. The van der Waals surface area contributed by atoms with Gasteiger partial charge in [-0.05, 0) is 61.2 Å². The maximum atomic E-state index is 13.3. The first-order valence-corrected chi connectivity index (χ1v) is 12.6. The maximum Gasteiger partial charge on any atom is 0.255 e. The molecule has 7 nitrogen and oxygen atoms in total. The molecular formula is C26H30N2O5S. The molecule has 3 heterocycles. The zero-order valence-electron chi connectivity index (χ0n) is 18.1. The molecule has 1 amide bonds. The first kappa shape index (κ1) is 21.9. The van der Waals surface area contributed by atoms with Gasteiger partial charge in [0.15, 0.2) is 17.6 Å². The van der Waals surface area contributed by atoms with Crippen molar-refractivity contribution in [2.75, 3.05) is 18.4 Å². The molecule has 1 aromatic carbocycles. The Morgan fingerprint density at radius 1 is 1.26 bits per heavy atom. The van der Waals surface area contributed by atoms with Gasteiger partial charge >= 0.3 is 0 Å². The van der Waals surface area contributed by atoms with Crippen molar-refractivity contribution in [3.8, 4) is 11.5 Å². The van der Waals surface area contributed by atoms with Crippen LogP contribution in [0.2, 0.25) is 0 Å². The number of benzene rings is 1. The zero-order chi connectivity index (χ0) is 22.5. The number of anilines is 1. The van der Waals surface area contributed by atoms with E-state index < -0.39 is 23.0 Å². The number of thiophene rings is 1. The average Bonchev–Trinajstić information content (AvgIpc) is 3.31. The van der Waals surface area contributed by atoms with E-state index in [1.807, 2.05) is 16.8 Å². The van der Waals surface area contributed by atoms with Crippen molar-refractivity contribution in [1.82, 2.24) is 4.90 Å². The second kappa shape index (κ2) is 7.23. The lowest BCUT2D eigenvalue weighted by Gasteiger charge is -2.62. The van der Waals surface area contributed by atoms with Crippen molar-refractivity contribution in [3.63, 3.8) is 0 Å². The van der Waals surface area contributed by atoms with Crippen LogP contribution in [-0.4, -0.2) is 57.0 Å². The predicted molar refractivity (Wildman–Crippen MR) is 130 cm³/mol. The molecule has 7 rings (SSSR count). The third-order valence-electron chi connectivity index (χ3n) is 8.57. The molecule has 2 aliphatic heterocycles. The van der Waals surface area contributed by atoms with Crippen LogP contribution in [0.5, 0.6) is 11.5 Å². The molecule has 2 fully saturated rings. The van der Waals surface area contributed by atoms with E-state index in [2.05, 4.69) is 10.2 Å². The molecule has 1 aromatic heterocycles. The summed E-state index contributed by atoms with van der Waals surface area (Å²) in [4.78, 5) is 15.6. The molecule has 3 aliphatic carbocycles. The molecule has 2 bridgehead atoms. The van der Waals surface area contributed by atoms with E-state index in [0.717, 1.165) is 24.2 Å². The van der Waals surface area contributed by atoms with Crippen LogP contribution in [0, 0.1) is 5.92 Å². The number of hydrogen-bond donors (Lipinski definition) is 4. The standard InChI is InChI=1S/C25H26N2O5S.CH4/c28-17-4-3-14-9-18-25(31)10-16(23(30)26-15-5-8-33-12-15)20(29)22-24(25,19(14)21(17)32-22)6-7-27(18)11-13-1-2-13;/h3-5,8,12-13,18,22,28-29,31H,1-2,6-7,9-11H2,(H,26,30);1H4/t18-,22+,24+,25-;/m1./s1. The Kier molecular flexibility index (Phi) is 4.67. The summed E-state index contributed by atoms with van der Waals surface area (Å²) in [6.45, 7) is 1.74. The Morgan fingerprint density at radius 2 is 2.09 bits per heavy atom. The molecule has 5 aliphatic rings. The second-order valence-corrected chi connectivity index (χ2v) is 11.0. The number of piperidine rings is 1. The van der Waals surface area contributed by atoms with Gasteiger partial charge in [0.2, 0.25) is 0 Å². The van der Waals surface area contributed by atoms with Crippen LogP contribution in [0.4, 0.5) is 5.69 Å². The van der Waals surface area contributed by atoms with Crippen molar-refractivity contribution in [3.05, 3.63) is 51.4 Å². The molecule has 0 radical (unpaired) electrons. The fourth-order valence-electron chi connectivity index (χ4n) is 6.91. The van der Waals surface area contributed by atoms with Crippen molar-refractivity contribution < 1.29 is 24.9 Å². The van der Waals surface area contributed by atoms with Gasteiger partial charge < -0.3 is 25.4 Å². The minimum Gasteiger partial charge on any atom is -0.508 e. The summed E-state index contributed by atoms with van der Waals surface area (Å²) in [5, 5.41) is 41.1. The summed E-state index contributed by atoms with van der Waals surface area (Å²) in [5.74, 6) is 0.469. The van der Waals surface area contributed by atoms with E-state index in [4.69, 9.17) is 4.74 Å². The van der Waals surface area contributed by atoms with Crippen molar-refractivity contribution in [2.24, 2.45) is 5.92 Å². The summed E-state index contributed by atoms with van der Waals surface area (Å²) < 4.78 is 6.22. The fraction of sp³-hybridized carbons (Fsp3) is 0.500. The highest BCUT2D eigenvalue weighted by Crippen LogP contribution is 2.66. The number of phenols is 1. The fourth-order valence-corrected chi connectivity index (χ4v) is 7.50. The average molecular weight is 483 g/mol. The number of hydrogen-bond acceptors (Lipinski definition) is 7. The van der Waals surface area contributed by atoms with E-state index in [1.54, 1.807) is 12.1 Å². The third kappa shape index (κ3) is 2.67. The molecule has 2 aromatic rings. The van der Waals surface area contributed by atoms with Gasteiger partial charge in [-0.1, -0.05) is 13.5 Å². The minimum atomic E-state index is -1.29. The summed E-state index contributed by atoms with van der Waals surface area (Å²) >= 11 is 1.47. The lowest BCUT2D eigenvalue weighted by Crippen LogP contribution is -2.75. The highest BCUT2D eigenvalue weighted by Gasteiger charge is 2.73. The van der Waals surface area contributed by atoms with Gasteiger partial charge in [0.1, 0.15) is 5.76 Å². The summed E-state index contributed by atoms with van der Waals surface area (Å²) in [6.07, 6.45) is 2.83. The number of nitrogens with one attached hydrogen (secondary N) is 1. The molecule has 1 saturated heterocycles. The van der Waals surface area contributed by atoms with E-state index >= 15 is 0 Å². The van der Waals surface area contributed by atoms with Crippen molar-refractivity contribution in [2.45, 2.75) is 62.7 Å². The number of likely N-dealkylation sites (tertiary alicyclic amines) is 1. The number of ether oxygens (including phenoxy) is 1. The largest absolute Gasteiger partial charge is 0.508 e. The second-order valence-electron chi connectivity index (χ2n) is 10.3. The van der Waals surface area contributed by atoms with Crippen LogP contribution in [0.25, 0.3) is 0 Å². The highest BCUT2D eigenvalue weighted by atomic mass is 32.1. The van der Waals surface area contributed by atoms with Gasteiger partial charge in [0.05, 0.1) is 22.3 Å². The molecule has 1 saturated carbocycles. The van der Waals surface area contributed by atoms with E-state index in [9.17, 15) is 20.1 Å². The van der Waals surface area contributed by atoms with E-state index in [1.165, 1.54) is 24.2 Å². The molecule has 4 atom stereocenters. The Bertz CT molecular complexity index is 1210. The van der Waals surface area contributed by atoms with Gasteiger partial charge in [-0.15, -0.1) is 0 Å². The first-order valence-electron chi connectivity index (χ1n) is 11.7. The summed E-state index contributed by atoms with van der Waals surface area (Å²) in [5.41, 5.74) is 0.534. The van der Waals surface area contributed by atoms with Crippen LogP contribution in [0.1, 0.15) is 44.2 Å². The number of nitrogens with zero attached hydrogens (tertiary/aromatic N) is 1. The lowest BCUT2D eigenvalue weighted by molar-refractivity contribution is -0.172. The van der Waals surface area contributed by atoms with Gasteiger partial charge in [-0.3, -0.25) is 9.69 Å². The van der Waals surface area contributed by atoms with Crippen LogP contribution in [0.15, 0.2) is 40.3 Å². The van der Waals surface area contributed by atoms with Crippen LogP contribution in [0.3, 0.4) is 0 Å². The first-order chi connectivity index (χ1) is 15.9. The van der Waals surface area contributed by atoms with E-state index in [0.29, 0.717) is 30.2 Å². The number of phenolic OH excluding ortho intramolecular Hbond substituents is 1. The van der Waals surface area contributed by atoms with Gasteiger partial charge in [0, 0.05) is 30.0 Å². The lowest BCUT2D eigenvalue weighted by atomic mass is 9.49. The van der Waals surface area contributed by atoms with Crippen LogP contribution in [-0.2, 0) is 16.6 Å². The Morgan fingerprint density at radius 3 is 2.82 bits per heavy atom. The van der Waals surface area contributed by atoms with Crippen molar-refractivity contribution in [1.29, 1.82) is 0 Å². The monoisotopic (exact) mass is 482 g/mol. The number of aliphatic hydroxyl groups is 2. The predicted octanol–water partition coefficient (Wildman–Crippen LogP) is 3.71. The number of aromatic hydroxyl groups is 1. The molecule has 1 spiro atoms. The normalized spacial score (nSPS) is 33.1.